The highest BCUT2D eigenvalue weighted by molar-refractivity contribution is 6.00. The van der Waals surface area contributed by atoms with E-state index >= 15 is 0 Å². The lowest BCUT2D eigenvalue weighted by Gasteiger charge is -2.19. The molecule has 1 heterocycles. The van der Waals surface area contributed by atoms with Crippen LogP contribution in [0.25, 0.3) is 21.8 Å². The molecule has 0 saturated heterocycles. The van der Waals surface area contributed by atoms with Gasteiger partial charge in [-0.25, -0.2) is 0 Å². The van der Waals surface area contributed by atoms with Gasteiger partial charge in [0.1, 0.15) is 7.05 Å². The average Bonchev–Trinajstić information content (AvgIpc) is 2.55. The molecule has 1 heteroatoms. The number of hydrogen-bond acceptors (Lipinski definition) is 0. The van der Waals surface area contributed by atoms with Crippen molar-refractivity contribution >= 4 is 21.8 Å². The largest absolute Gasteiger partial charge is 0.216 e. The first-order valence-corrected chi connectivity index (χ1v) is 8.89. The van der Waals surface area contributed by atoms with Gasteiger partial charge in [0.2, 0.25) is 11.0 Å². The fourth-order valence-corrected chi connectivity index (χ4v) is 4.58. The minimum atomic E-state index is 1.39. The molecule has 0 bridgehead atoms. The predicted octanol–water partition coefficient (Wildman–Crippen LogP) is 5.59. The van der Waals surface area contributed by atoms with E-state index in [-0.39, 0.29) is 0 Å². The van der Waals surface area contributed by atoms with E-state index in [4.69, 9.17) is 0 Å². The van der Waals surface area contributed by atoms with Crippen molar-refractivity contribution in [1.82, 2.24) is 0 Å². The molecule has 0 aliphatic rings. The van der Waals surface area contributed by atoms with Gasteiger partial charge in [-0.1, -0.05) is 0 Å². The fraction of sp³-hybridized carbons (Fsp3) is 0.435. The van der Waals surface area contributed by atoms with Crippen molar-refractivity contribution in [2.24, 2.45) is 7.05 Å². The van der Waals surface area contributed by atoms with Gasteiger partial charge in [0.05, 0.1) is 10.8 Å². The highest BCUT2D eigenvalue weighted by Crippen LogP contribution is 2.36. The molecule has 1 aromatic heterocycles. The molecule has 1 nitrogen and oxygen atoms in total. The van der Waals surface area contributed by atoms with Gasteiger partial charge in [0.15, 0.2) is 0 Å². The first-order valence-electron chi connectivity index (χ1n) is 8.89. The Hall–Kier alpha value is -1.89. The summed E-state index contributed by atoms with van der Waals surface area (Å²) in [4.78, 5) is 0. The van der Waals surface area contributed by atoms with Gasteiger partial charge < -0.3 is 0 Å². The van der Waals surface area contributed by atoms with Gasteiger partial charge in [-0.15, -0.1) is 0 Å². The lowest BCUT2D eigenvalue weighted by atomic mass is 9.86. The van der Waals surface area contributed by atoms with Crippen LogP contribution in [-0.2, 0) is 7.05 Å². The Kier molecular flexibility index (Phi) is 3.75. The highest BCUT2D eigenvalue weighted by Gasteiger charge is 2.26. The summed E-state index contributed by atoms with van der Waals surface area (Å²) in [5.41, 5.74) is 15.6. The zero-order valence-electron chi connectivity index (χ0n) is 16.9. The maximum Gasteiger partial charge on any atom is 0.216 e. The van der Waals surface area contributed by atoms with Crippen LogP contribution in [0.3, 0.4) is 0 Å². The van der Waals surface area contributed by atoms with Crippen LogP contribution in [0.15, 0.2) is 0 Å². The Balaban J connectivity index is 2.82. The van der Waals surface area contributed by atoms with E-state index in [9.17, 15) is 0 Å². The summed E-state index contributed by atoms with van der Waals surface area (Å²) >= 11 is 0. The van der Waals surface area contributed by atoms with Crippen LogP contribution < -0.4 is 4.57 Å². The SMILES string of the molecule is Cc1c(C)c(C)c2c(c1C)c(C)c1c(C)c(C)c(C)c(C)c1[n+]2C. The van der Waals surface area contributed by atoms with Crippen molar-refractivity contribution in [3.63, 3.8) is 0 Å². The van der Waals surface area contributed by atoms with Gasteiger partial charge in [0, 0.05) is 11.1 Å². The first-order chi connectivity index (χ1) is 11.1. The molecule has 0 unspecified atom stereocenters. The zero-order chi connectivity index (χ0) is 18.1. The molecule has 0 spiro atoms. The topological polar surface area (TPSA) is 3.88 Å². The number of aryl methyl sites for hydroxylation is 6. The predicted molar refractivity (Wildman–Crippen MR) is 105 cm³/mol. The van der Waals surface area contributed by atoms with E-state index in [1.54, 1.807) is 0 Å². The summed E-state index contributed by atoms with van der Waals surface area (Å²) in [6.07, 6.45) is 0. The summed E-state index contributed by atoms with van der Waals surface area (Å²) in [6, 6.07) is 0. The van der Waals surface area contributed by atoms with Gasteiger partial charge in [-0.05, 0) is 101 Å². The minimum Gasteiger partial charge on any atom is -0.194 e. The second-order valence-corrected chi connectivity index (χ2v) is 7.63. The summed E-state index contributed by atoms with van der Waals surface area (Å²) in [7, 11) is 2.24. The van der Waals surface area contributed by atoms with Crippen molar-refractivity contribution < 1.29 is 4.57 Å². The molecule has 0 fully saturated rings. The van der Waals surface area contributed by atoms with E-state index in [2.05, 4.69) is 73.9 Å². The van der Waals surface area contributed by atoms with Crippen molar-refractivity contribution in [3.8, 4) is 0 Å². The number of aromatic nitrogens is 1. The third-order valence-corrected chi connectivity index (χ3v) is 6.73. The van der Waals surface area contributed by atoms with Gasteiger partial charge >= 0.3 is 0 Å². The number of nitrogens with zero attached hydrogens (tertiary/aromatic N) is 1. The summed E-state index contributed by atoms with van der Waals surface area (Å²) in [6.45, 7) is 20.5. The average molecular weight is 321 g/mol. The Morgan fingerprint density at radius 3 is 1.00 bits per heavy atom. The molecule has 0 atom stereocenters. The molecule has 3 rings (SSSR count). The third-order valence-electron chi connectivity index (χ3n) is 6.73. The Morgan fingerprint density at radius 1 is 0.375 bits per heavy atom. The van der Waals surface area contributed by atoms with E-state index < -0.39 is 0 Å². The lowest BCUT2D eigenvalue weighted by molar-refractivity contribution is -0.618. The fourth-order valence-electron chi connectivity index (χ4n) is 4.58. The van der Waals surface area contributed by atoms with Gasteiger partial charge in [-0.2, -0.15) is 4.57 Å². The summed E-state index contributed by atoms with van der Waals surface area (Å²) in [5, 5.41) is 2.88. The van der Waals surface area contributed by atoms with E-state index in [0.717, 1.165) is 0 Å². The molecule has 0 amide bonds. The second kappa shape index (κ2) is 5.31. The quantitative estimate of drug-likeness (QED) is 0.375. The molecule has 24 heavy (non-hydrogen) atoms. The van der Waals surface area contributed by atoms with Crippen LogP contribution in [0.2, 0.25) is 0 Å². The number of benzene rings is 2. The van der Waals surface area contributed by atoms with Gasteiger partial charge in [0.25, 0.3) is 0 Å². The van der Waals surface area contributed by atoms with Crippen molar-refractivity contribution in [1.29, 1.82) is 0 Å². The number of fused-ring (bicyclic) bond motifs is 2. The molecule has 0 saturated carbocycles. The molecule has 0 N–H and O–H groups in total. The maximum atomic E-state index is 2.45. The third kappa shape index (κ3) is 1.90. The van der Waals surface area contributed by atoms with Crippen LogP contribution in [0.5, 0.6) is 0 Å². The van der Waals surface area contributed by atoms with Crippen LogP contribution in [0, 0.1) is 62.3 Å². The molecule has 0 radical (unpaired) electrons. The minimum absolute atomic E-state index is 1.39. The second-order valence-electron chi connectivity index (χ2n) is 7.63. The first kappa shape index (κ1) is 17.0. The van der Waals surface area contributed by atoms with E-state index in [0.29, 0.717) is 0 Å². The van der Waals surface area contributed by atoms with Crippen LogP contribution in [-0.4, -0.2) is 0 Å². The highest BCUT2D eigenvalue weighted by atomic mass is 14.9. The molecular weight excluding hydrogens is 290 g/mol. The number of rotatable bonds is 0. The Morgan fingerprint density at radius 2 is 0.667 bits per heavy atom. The standard InChI is InChI=1S/C23H30N/c1-11-13(3)17(7)22-20(15(11)5)19(9)21-16(6)12(2)14(4)18(8)23(21)24(22)10/h1-10H3/q+1. The van der Waals surface area contributed by atoms with Crippen molar-refractivity contribution in [2.75, 3.05) is 0 Å². The molecule has 2 aromatic carbocycles. The maximum absolute atomic E-state index is 2.45. The van der Waals surface area contributed by atoms with Gasteiger partial charge in [-0.3, -0.25) is 0 Å². The smallest absolute Gasteiger partial charge is 0.194 e. The molecule has 0 aliphatic carbocycles. The van der Waals surface area contributed by atoms with Crippen LogP contribution in [0.1, 0.15) is 50.1 Å². The molecular formula is C23H30N+. The Bertz CT molecular complexity index is 871. The monoisotopic (exact) mass is 320 g/mol. The van der Waals surface area contributed by atoms with Crippen molar-refractivity contribution in [3.05, 3.63) is 50.1 Å². The zero-order valence-corrected chi connectivity index (χ0v) is 16.9. The lowest BCUT2D eigenvalue weighted by Crippen LogP contribution is -2.33. The molecule has 126 valence electrons. The summed E-state index contributed by atoms with van der Waals surface area (Å²) < 4.78 is 2.45. The van der Waals surface area contributed by atoms with E-state index in [1.807, 2.05) is 0 Å². The van der Waals surface area contributed by atoms with Crippen molar-refractivity contribution in [2.45, 2.75) is 62.3 Å². The van der Waals surface area contributed by atoms with E-state index in [1.165, 1.54) is 71.9 Å². The summed E-state index contributed by atoms with van der Waals surface area (Å²) in [5.74, 6) is 0. The Labute approximate surface area is 146 Å². The number of pyridine rings is 1. The van der Waals surface area contributed by atoms with Crippen LogP contribution in [0.4, 0.5) is 0 Å². The van der Waals surface area contributed by atoms with Crippen LogP contribution >= 0.6 is 0 Å². The number of hydrogen-bond donors (Lipinski definition) is 0. The molecule has 0 aliphatic heterocycles. The molecule has 3 aromatic rings. The normalized spacial score (nSPS) is 11.8.